The number of hydrogen-bond acceptors (Lipinski definition) is 2. The Bertz CT molecular complexity index is 1100. The number of hydrogen-bond donors (Lipinski definition) is 0. The van der Waals surface area contributed by atoms with Crippen LogP contribution in [0.15, 0.2) is 109 Å². The van der Waals surface area contributed by atoms with Crippen LogP contribution < -0.4 is 20.8 Å². The molecule has 130 valence electrons. The maximum absolute atomic E-state index is 14.6. The average Bonchev–Trinajstić information content (AvgIpc) is 2.75. The number of fused-ring (bicyclic) bond motifs is 2. The molecular weight excluding hydrogens is 349 g/mol. The highest BCUT2D eigenvalue weighted by atomic mass is 31.2. The molecule has 4 aromatic rings. The average molecular weight is 367 g/mol. The van der Waals surface area contributed by atoms with Crippen LogP contribution in [0.1, 0.15) is 0 Å². The summed E-state index contributed by atoms with van der Waals surface area (Å²) in [4.78, 5) is 2.21. The molecule has 0 saturated carbocycles. The minimum atomic E-state index is -2.95. The van der Waals surface area contributed by atoms with Crippen molar-refractivity contribution in [3.63, 3.8) is 0 Å². The van der Waals surface area contributed by atoms with Crippen molar-refractivity contribution < 1.29 is 4.57 Å². The zero-order chi connectivity index (χ0) is 18.3. The summed E-state index contributed by atoms with van der Waals surface area (Å²) in [5.41, 5.74) is 3.03. The van der Waals surface area contributed by atoms with E-state index in [1.807, 2.05) is 84.9 Å². The molecule has 1 heterocycles. The van der Waals surface area contributed by atoms with Gasteiger partial charge in [0.1, 0.15) is 0 Å². The third kappa shape index (κ3) is 2.38. The molecule has 0 atom stereocenters. The molecule has 0 spiro atoms. The van der Waals surface area contributed by atoms with E-state index in [-0.39, 0.29) is 0 Å². The van der Waals surface area contributed by atoms with Crippen LogP contribution in [0.2, 0.25) is 0 Å². The molecule has 0 aromatic heterocycles. The molecule has 0 bridgehead atoms. The zero-order valence-electron chi connectivity index (χ0n) is 14.7. The van der Waals surface area contributed by atoms with Crippen LogP contribution in [-0.2, 0) is 4.57 Å². The van der Waals surface area contributed by atoms with Gasteiger partial charge in [-0.15, -0.1) is 0 Å². The van der Waals surface area contributed by atoms with E-state index < -0.39 is 7.14 Å². The molecule has 0 fully saturated rings. The van der Waals surface area contributed by atoms with Crippen molar-refractivity contribution >= 4 is 40.1 Å². The summed E-state index contributed by atoms with van der Waals surface area (Å²) in [6, 6.07) is 36.2. The fourth-order valence-corrected chi connectivity index (χ4v) is 6.86. The molecule has 5 rings (SSSR count). The first kappa shape index (κ1) is 16.1. The number of benzene rings is 4. The summed E-state index contributed by atoms with van der Waals surface area (Å²) in [6.07, 6.45) is 0. The van der Waals surface area contributed by atoms with Crippen molar-refractivity contribution in [3.05, 3.63) is 109 Å². The van der Waals surface area contributed by atoms with E-state index in [9.17, 15) is 4.57 Å². The second kappa shape index (κ2) is 6.26. The molecule has 0 amide bonds. The van der Waals surface area contributed by atoms with Gasteiger partial charge in [-0.25, -0.2) is 0 Å². The van der Waals surface area contributed by atoms with E-state index in [1.165, 1.54) is 0 Å². The molecule has 1 aliphatic rings. The van der Waals surface area contributed by atoms with Crippen molar-refractivity contribution in [2.45, 2.75) is 0 Å². The number of para-hydroxylation sites is 3. The van der Waals surface area contributed by atoms with Crippen LogP contribution in [0.25, 0.3) is 0 Å². The van der Waals surface area contributed by atoms with Gasteiger partial charge in [-0.05, 0) is 36.4 Å². The van der Waals surface area contributed by atoms with Crippen LogP contribution in [0.3, 0.4) is 0 Å². The molecule has 2 nitrogen and oxygen atoms in total. The van der Waals surface area contributed by atoms with Gasteiger partial charge in [0, 0.05) is 21.6 Å². The molecule has 3 heteroatoms. The molecule has 0 N–H and O–H groups in total. The lowest BCUT2D eigenvalue weighted by atomic mass is 10.2. The Labute approximate surface area is 159 Å². The van der Waals surface area contributed by atoms with E-state index in [2.05, 4.69) is 29.2 Å². The predicted octanol–water partition coefficient (Wildman–Crippen LogP) is 5.11. The summed E-state index contributed by atoms with van der Waals surface area (Å²) >= 11 is 0. The maximum Gasteiger partial charge on any atom is 0.175 e. The van der Waals surface area contributed by atoms with E-state index in [4.69, 9.17) is 0 Å². The topological polar surface area (TPSA) is 20.3 Å². The van der Waals surface area contributed by atoms with Crippen LogP contribution in [-0.4, -0.2) is 0 Å². The van der Waals surface area contributed by atoms with Crippen molar-refractivity contribution in [1.82, 2.24) is 0 Å². The normalized spacial score (nSPS) is 14.3. The first-order valence-corrected chi connectivity index (χ1v) is 10.7. The van der Waals surface area contributed by atoms with Gasteiger partial charge in [0.2, 0.25) is 0 Å². The summed E-state index contributed by atoms with van der Waals surface area (Å²) in [6.45, 7) is 0. The maximum atomic E-state index is 14.6. The highest BCUT2D eigenvalue weighted by Crippen LogP contribution is 2.53. The van der Waals surface area contributed by atoms with Crippen molar-refractivity contribution in [2.75, 3.05) is 4.90 Å². The Morgan fingerprint density at radius 1 is 0.519 bits per heavy atom. The highest BCUT2D eigenvalue weighted by Gasteiger charge is 2.40. The Kier molecular flexibility index (Phi) is 3.74. The fraction of sp³-hybridized carbons (Fsp3) is 0. The van der Waals surface area contributed by atoms with Crippen LogP contribution in [0.4, 0.5) is 17.1 Å². The lowest BCUT2D eigenvalue weighted by molar-refractivity contribution is 0.592. The lowest BCUT2D eigenvalue weighted by Gasteiger charge is -2.37. The third-order valence-corrected chi connectivity index (χ3v) is 8.20. The van der Waals surface area contributed by atoms with Gasteiger partial charge in [-0.2, -0.15) is 0 Å². The fourth-order valence-electron chi connectivity index (χ4n) is 3.87. The predicted molar refractivity (Wildman–Crippen MR) is 114 cm³/mol. The molecule has 1 aliphatic heterocycles. The Morgan fingerprint density at radius 3 is 1.52 bits per heavy atom. The molecule has 0 unspecified atom stereocenters. The first-order chi connectivity index (χ1) is 13.3. The third-order valence-electron chi connectivity index (χ3n) is 5.06. The van der Waals surface area contributed by atoms with Gasteiger partial charge in [0.05, 0.1) is 11.4 Å². The van der Waals surface area contributed by atoms with E-state index in [0.29, 0.717) is 0 Å². The summed E-state index contributed by atoms with van der Waals surface area (Å²) in [5.74, 6) is 0. The van der Waals surface area contributed by atoms with Crippen molar-refractivity contribution in [3.8, 4) is 0 Å². The van der Waals surface area contributed by atoms with E-state index >= 15 is 0 Å². The number of nitrogens with zero attached hydrogens (tertiary/aromatic N) is 1. The van der Waals surface area contributed by atoms with Gasteiger partial charge in [-0.3, -0.25) is 0 Å². The molecule has 0 saturated heterocycles. The number of anilines is 3. The standard InChI is InChI=1S/C24H18NOP/c26-27(20-13-5-2-6-14-20)23-17-9-7-15-21(23)25(19-11-3-1-4-12-19)22-16-8-10-18-24(22)27/h1-18H. The van der Waals surface area contributed by atoms with Gasteiger partial charge < -0.3 is 9.46 Å². The van der Waals surface area contributed by atoms with Gasteiger partial charge >= 0.3 is 0 Å². The Hall–Kier alpha value is -3.09. The highest BCUT2D eigenvalue weighted by molar-refractivity contribution is 7.86. The van der Waals surface area contributed by atoms with Crippen molar-refractivity contribution in [1.29, 1.82) is 0 Å². The van der Waals surface area contributed by atoms with Gasteiger partial charge in [0.25, 0.3) is 0 Å². The van der Waals surface area contributed by atoms with Crippen molar-refractivity contribution in [2.24, 2.45) is 0 Å². The second-order valence-electron chi connectivity index (χ2n) is 6.59. The molecule has 0 radical (unpaired) electrons. The van der Waals surface area contributed by atoms with Crippen LogP contribution >= 0.6 is 7.14 Å². The second-order valence-corrected chi connectivity index (χ2v) is 9.29. The molecule has 0 aliphatic carbocycles. The molecule has 27 heavy (non-hydrogen) atoms. The van der Waals surface area contributed by atoms with Crippen LogP contribution in [0, 0.1) is 0 Å². The van der Waals surface area contributed by atoms with Gasteiger partial charge in [0.15, 0.2) is 7.14 Å². The summed E-state index contributed by atoms with van der Waals surface area (Å²) in [5, 5.41) is 2.65. The SMILES string of the molecule is O=P1(c2ccccc2)c2ccccc2N(c2ccccc2)c2ccccc21. The minimum absolute atomic E-state index is 0.873. The molecular formula is C24H18NOP. The smallest absolute Gasteiger partial charge is 0.175 e. The number of rotatable bonds is 2. The zero-order valence-corrected chi connectivity index (χ0v) is 15.6. The van der Waals surface area contributed by atoms with E-state index in [1.54, 1.807) is 0 Å². The first-order valence-electron chi connectivity index (χ1n) is 9.00. The van der Waals surface area contributed by atoms with Crippen LogP contribution in [0.5, 0.6) is 0 Å². The Morgan fingerprint density at radius 2 is 0.963 bits per heavy atom. The minimum Gasteiger partial charge on any atom is -0.309 e. The van der Waals surface area contributed by atoms with E-state index in [0.717, 1.165) is 33.0 Å². The summed E-state index contributed by atoms with van der Waals surface area (Å²) in [7, 11) is -2.95. The van der Waals surface area contributed by atoms with Gasteiger partial charge in [-0.1, -0.05) is 72.8 Å². The monoisotopic (exact) mass is 367 g/mol. The quantitative estimate of drug-likeness (QED) is 0.404. The summed E-state index contributed by atoms with van der Waals surface area (Å²) < 4.78 is 14.6. The Balaban J connectivity index is 1.88. The largest absolute Gasteiger partial charge is 0.309 e. The molecule has 4 aromatic carbocycles. The lowest BCUT2D eigenvalue weighted by Crippen LogP contribution is -2.36.